The number of hydrogen-bond donors (Lipinski definition) is 1. The normalized spacial score (nSPS) is 14.4. The lowest BCUT2D eigenvalue weighted by atomic mass is 10.1. The molecule has 0 aromatic heterocycles. The van der Waals surface area contributed by atoms with E-state index in [0.29, 0.717) is 18.1 Å². The molecule has 2 nitrogen and oxygen atoms in total. The fourth-order valence-corrected chi connectivity index (χ4v) is 2.09. The zero-order valence-electron chi connectivity index (χ0n) is 10.2. The molecule has 14 heavy (non-hydrogen) atoms. The van der Waals surface area contributed by atoms with Crippen molar-refractivity contribution in [3.8, 4) is 0 Å². The quantitative estimate of drug-likeness (QED) is 0.574. The molecule has 0 aromatic rings. The highest BCUT2D eigenvalue weighted by molar-refractivity contribution is 14.1. The van der Waals surface area contributed by atoms with Crippen LogP contribution in [-0.2, 0) is 0 Å². The summed E-state index contributed by atoms with van der Waals surface area (Å²) < 4.78 is 1.24. The summed E-state index contributed by atoms with van der Waals surface area (Å²) in [6.07, 6.45) is 1.27. The molecule has 1 unspecified atom stereocenters. The van der Waals surface area contributed by atoms with Gasteiger partial charge in [-0.05, 0) is 27.3 Å². The van der Waals surface area contributed by atoms with Gasteiger partial charge in [0.1, 0.15) is 0 Å². The van der Waals surface area contributed by atoms with Gasteiger partial charge in [-0.3, -0.25) is 4.90 Å². The summed E-state index contributed by atoms with van der Waals surface area (Å²) in [7, 11) is 2.23. The number of hydrogen-bond acceptors (Lipinski definition) is 2. The van der Waals surface area contributed by atoms with E-state index < -0.39 is 0 Å². The molecular weight excluding hydrogens is 287 g/mol. The van der Waals surface area contributed by atoms with Gasteiger partial charge in [0.05, 0.1) is 0 Å². The SMILES string of the molecule is CC(C)NCC(CCI)N(C)C(C)C. The van der Waals surface area contributed by atoms with Crippen molar-refractivity contribution in [3.05, 3.63) is 0 Å². The van der Waals surface area contributed by atoms with E-state index in [9.17, 15) is 0 Å². The molecule has 1 N–H and O–H groups in total. The van der Waals surface area contributed by atoms with Gasteiger partial charge >= 0.3 is 0 Å². The maximum Gasteiger partial charge on any atom is 0.0227 e. The van der Waals surface area contributed by atoms with Gasteiger partial charge in [-0.2, -0.15) is 0 Å². The molecule has 0 rings (SSSR count). The van der Waals surface area contributed by atoms with Crippen LogP contribution in [0.3, 0.4) is 0 Å². The Kier molecular flexibility index (Phi) is 8.25. The summed E-state index contributed by atoms with van der Waals surface area (Å²) in [5.41, 5.74) is 0. The second-order valence-electron chi connectivity index (χ2n) is 4.45. The molecule has 0 aliphatic heterocycles. The van der Waals surface area contributed by atoms with Crippen molar-refractivity contribution >= 4 is 22.6 Å². The molecule has 0 saturated heterocycles. The molecular formula is C11H25IN2. The first-order valence-corrected chi connectivity index (χ1v) is 7.02. The number of rotatable bonds is 7. The van der Waals surface area contributed by atoms with Crippen LogP contribution in [0.1, 0.15) is 34.1 Å². The van der Waals surface area contributed by atoms with Crippen molar-refractivity contribution in [2.75, 3.05) is 18.0 Å². The molecule has 0 aliphatic rings. The van der Waals surface area contributed by atoms with E-state index >= 15 is 0 Å². The molecule has 3 heteroatoms. The fourth-order valence-electron chi connectivity index (χ4n) is 1.37. The van der Waals surface area contributed by atoms with Gasteiger partial charge in [-0.1, -0.05) is 36.4 Å². The minimum atomic E-state index is 0.590. The highest BCUT2D eigenvalue weighted by Gasteiger charge is 2.16. The third kappa shape index (κ3) is 6.19. The molecule has 0 saturated carbocycles. The van der Waals surface area contributed by atoms with E-state index in [1.165, 1.54) is 10.8 Å². The van der Waals surface area contributed by atoms with Crippen molar-refractivity contribution in [2.45, 2.75) is 52.2 Å². The van der Waals surface area contributed by atoms with Crippen LogP contribution in [0.4, 0.5) is 0 Å². The van der Waals surface area contributed by atoms with Crippen LogP contribution in [0.2, 0.25) is 0 Å². The van der Waals surface area contributed by atoms with Crippen LogP contribution < -0.4 is 5.32 Å². The molecule has 0 spiro atoms. The molecule has 86 valence electrons. The van der Waals surface area contributed by atoms with E-state index in [4.69, 9.17) is 0 Å². The number of halogens is 1. The smallest absolute Gasteiger partial charge is 0.0227 e. The Morgan fingerprint density at radius 1 is 1.21 bits per heavy atom. The first kappa shape index (κ1) is 14.6. The van der Waals surface area contributed by atoms with Gasteiger partial charge in [-0.25, -0.2) is 0 Å². The Morgan fingerprint density at radius 3 is 2.14 bits per heavy atom. The Hall–Kier alpha value is 0.650. The second kappa shape index (κ2) is 7.88. The maximum absolute atomic E-state index is 3.52. The topological polar surface area (TPSA) is 15.3 Å². The lowest BCUT2D eigenvalue weighted by Crippen LogP contribution is -2.45. The molecule has 0 heterocycles. The standard InChI is InChI=1S/C11H25IN2/c1-9(2)13-8-11(6-7-12)14(5)10(3)4/h9-11,13H,6-8H2,1-5H3. The molecule has 0 fully saturated rings. The van der Waals surface area contributed by atoms with Gasteiger partial charge in [0.15, 0.2) is 0 Å². The van der Waals surface area contributed by atoms with Crippen LogP contribution in [0.15, 0.2) is 0 Å². The third-order valence-electron chi connectivity index (χ3n) is 2.59. The highest BCUT2D eigenvalue weighted by Crippen LogP contribution is 2.07. The van der Waals surface area contributed by atoms with E-state index in [0.717, 1.165) is 6.54 Å². The molecule has 0 aliphatic carbocycles. The van der Waals surface area contributed by atoms with E-state index in [-0.39, 0.29) is 0 Å². The highest BCUT2D eigenvalue weighted by atomic mass is 127. The van der Waals surface area contributed by atoms with Gasteiger partial charge in [0, 0.05) is 29.1 Å². The zero-order chi connectivity index (χ0) is 11.1. The first-order chi connectivity index (χ1) is 6.49. The minimum absolute atomic E-state index is 0.590. The molecule has 0 amide bonds. The van der Waals surface area contributed by atoms with Crippen molar-refractivity contribution in [1.29, 1.82) is 0 Å². The lowest BCUT2D eigenvalue weighted by Gasteiger charge is -2.31. The summed E-state index contributed by atoms with van der Waals surface area (Å²) in [5, 5.41) is 3.52. The van der Waals surface area contributed by atoms with E-state index in [1.807, 2.05) is 0 Å². The fraction of sp³-hybridized carbons (Fsp3) is 1.00. The predicted octanol–water partition coefficient (Wildman–Crippen LogP) is 2.52. The second-order valence-corrected chi connectivity index (χ2v) is 5.53. The number of likely N-dealkylation sites (N-methyl/N-ethyl adjacent to an activating group) is 1. The van der Waals surface area contributed by atoms with E-state index in [2.05, 4.69) is 67.6 Å². The summed E-state index contributed by atoms with van der Waals surface area (Å²) >= 11 is 2.46. The Labute approximate surface area is 103 Å². The van der Waals surface area contributed by atoms with Crippen LogP contribution in [0.25, 0.3) is 0 Å². The Balaban J connectivity index is 4.00. The number of alkyl halides is 1. The number of nitrogens with one attached hydrogen (secondary N) is 1. The van der Waals surface area contributed by atoms with Gasteiger partial charge in [0.2, 0.25) is 0 Å². The van der Waals surface area contributed by atoms with Crippen molar-refractivity contribution in [2.24, 2.45) is 0 Å². The van der Waals surface area contributed by atoms with Gasteiger partial charge < -0.3 is 5.32 Å². The number of nitrogens with zero attached hydrogens (tertiary/aromatic N) is 1. The maximum atomic E-state index is 3.52. The predicted molar refractivity (Wildman–Crippen MR) is 73.3 cm³/mol. The summed E-state index contributed by atoms with van der Waals surface area (Å²) in [6, 6.07) is 1.90. The van der Waals surface area contributed by atoms with Crippen LogP contribution >= 0.6 is 22.6 Å². The Morgan fingerprint density at radius 2 is 1.79 bits per heavy atom. The summed E-state index contributed by atoms with van der Waals surface area (Å²) in [6.45, 7) is 10.0. The average molecular weight is 312 g/mol. The molecule has 1 atom stereocenters. The van der Waals surface area contributed by atoms with Crippen LogP contribution in [-0.4, -0.2) is 41.0 Å². The van der Waals surface area contributed by atoms with Gasteiger partial charge in [-0.15, -0.1) is 0 Å². The van der Waals surface area contributed by atoms with Crippen molar-refractivity contribution in [1.82, 2.24) is 10.2 Å². The van der Waals surface area contributed by atoms with Crippen LogP contribution in [0, 0.1) is 0 Å². The summed E-state index contributed by atoms with van der Waals surface area (Å²) in [5.74, 6) is 0. The molecule has 0 bridgehead atoms. The van der Waals surface area contributed by atoms with Crippen molar-refractivity contribution in [3.63, 3.8) is 0 Å². The van der Waals surface area contributed by atoms with Crippen LogP contribution in [0.5, 0.6) is 0 Å². The summed E-state index contributed by atoms with van der Waals surface area (Å²) in [4.78, 5) is 2.47. The zero-order valence-corrected chi connectivity index (χ0v) is 12.3. The largest absolute Gasteiger partial charge is 0.313 e. The van der Waals surface area contributed by atoms with E-state index in [1.54, 1.807) is 0 Å². The Bertz CT molecular complexity index is 137. The third-order valence-corrected chi connectivity index (χ3v) is 3.22. The first-order valence-electron chi connectivity index (χ1n) is 5.50. The van der Waals surface area contributed by atoms with Gasteiger partial charge in [0.25, 0.3) is 0 Å². The van der Waals surface area contributed by atoms with Crippen molar-refractivity contribution < 1.29 is 0 Å². The molecule has 0 radical (unpaired) electrons. The molecule has 0 aromatic carbocycles. The lowest BCUT2D eigenvalue weighted by molar-refractivity contribution is 0.185. The minimum Gasteiger partial charge on any atom is -0.313 e. The average Bonchev–Trinajstić information content (AvgIpc) is 2.10. The monoisotopic (exact) mass is 312 g/mol.